The molecular formula is C13H8NaO. The quantitative estimate of drug-likeness (QED) is 0.513. The van der Waals surface area contributed by atoms with Gasteiger partial charge in [0.1, 0.15) is 0 Å². The predicted molar refractivity (Wildman–Crippen MR) is 61.1 cm³/mol. The van der Waals surface area contributed by atoms with E-state index >= 15 is 0 Å². The minimum Gasteiger partial charge on any atom is -0.289 e. The smallest absolute Gasteiger partial charge is 0.194 e. The second-order valence-corrected chi connectivity index (χ2v) is 3.42. The molecule has 67 valence electrons. The van der Waals surface area contributed by atoms with Gasteiger partial charge in [-0.2, -0.15) is 0 Å². The van der Waals surface area contributed by atoms with Gasteiger partial charge in [-0.15, -0.1) is 0 Å². The third-order valence-electron chi connectivity index (χ3n) is 2.63. The molecule has 0 fully saturated rings. The second-order valence-electron chi connectivity index (χ2n) is 3.42. The molecule has 2 aromatic carbocycles. The molecule has 0 spiro atoms. The summed E-state index contributed by atoms with van der Waals surface area (Å²) in [6.45, 7) is 0. The monoisotopic (exact) mass is 203 g/mol. The number of rotatable bonds is 0. The summed E-state index contributed by atoms with van der Waals surface area (Å²) in [5, 5.41) is 0. The summed E-state index contributed by atoms with van der Waals surface area (Å²) in [5.41, 5.74) is 3.78. The summed E-state index contributed by atoms with van der Waals surface area (Å²) in [7, 11) is 0. The van der Waals surface area contributed by atoms with Crippen molar-refractivity contribution < 1.29 is 4.79 Å². The van der Waals surface area contributed by atoms with E-state index in [9.17, 15) is 4.79 Å². The Balaban J connectivity index is 0.000000853. The zero-order valence-corrected chi connectivity index (χ0v) is 10.5. The Morgan fingerprint density at radius 1 is 0.600 bits per heavy atom. The fourth-order valence-corrected chi connectivity index (χ4v) is 1.98. The van der Waals surface area contributed by atoms with Gasteiger partial charge in [0.2, 0.25) is 0 Å². The van der Waals surface area contributed by atoms with Crippen LogP contribution < -0.4 is 0 Å². The summed E-state index contributed by atoms with van der Waals surface area (Å²) in [6.07, 6.45) is 0. The van der Waals surface area contributed by atoms with E-state index in [-0.39, 0.29) is 35.3 Å². The molecule has 2 aromatic rings. The Labute approximate surface area is 110 Å². The van der Waals surface area contributed by atoms with Crippen LogP contribution in [0, 0.1) is 0 Å². The first-order valence-corrected chi connectivity index (χ1v) is 4.61. The van der Waals surface area contributed by atoms with E-state index in [0.717, 1.165) is 22.3 Å². The molecule has 0 amide bonds. The molecule has 1 nitrogen and oxygen atoms in total. The molecule has 0 atom stereocenters. The SMILES string of the molecule is O=C1c2ccccc2-c2ccccc21.[Na]. The van der Waals surface area contributed by atoms with E-state index in [1.165, 1.54) is 0 Å². The molecular weight excluding hydrogens is 195 g/mol. The van der Waals surface area contributed by atoms with E-state index in [1.54, 1.807) is 0 Å². The summed E-state index contributed by atoms with van der Waals surface area (Å²) in [4.78, 5) is 11.9. The van der Waals surface area contributed by atoms with E-state index in [1.807, 2.05) is 48.5 Å². The van der Waals surface area contributed by atoms with Crippen molar-refractivity contribution in [2.45, 2.75) is 0 Å². The molecule has 0 aliphatic heterocycles. The van der Waals surface area contributed by atoms with Gasteiger partial charge in [-0.25, -0.2) is 0 Å². The van der Waals surface area contributed by atoms with Gasteiger partial charge in [-0.05, 0) is 11.1 Å². The van der Waals surface area contributed by atoms with Gasteiger partial charge in [0.25, 0.3) is 0 Å². The van der Waals surface area contributed by atoms with Crippen molar-refractivity contribution in [1.29, 1.82) is 0 Å². The van der Waals surface area contributed by atoms with Gasteiger partial charge < -0.3 is 0 Å². The van der Waals surface area contributed by atoms with Crippen LogP contribution in [-0.2, 0) is 0 Å². The van der Waals surface area contributed by atoms with E-state index in [0.29, 0.717) is 0 Å². The molecule has 0 bridgehead atoms. The van der Waals surface area contributed by atoms with Crippen molar-refractivity contribution in [2.24, 2.45) is 0 Å². The summed E-state index contributed by atoms with van der Waals surface area (Å²) in [6, 6.07) is 15.5. The first-order valence-electron chi connectivity index (χ1n) is 4.61. The molecule has 0 N–H and O–H groups in total. The van der Waals surface area contributed by atoms with Crippen LogP contribution in [0.15, 0.2) is 48.5 Å². The Bertz CT molecular complexity index is 484. The molecule has 2 heteroatoms. The summed E-state index contributed by atoms with van der Waals surface area (Å²) in [5.74, 6) is 0.149. The fraction of sp³-hybridized carbons (Fsp3) is 0. The van der Waals surface area contributed by atoms with E-state index in [2.05, 4.69) is 0 Å². The number of fused-ring (bicyclic) bond motifs is 3. The Hall–Kier alpha value is -0.890. The van der Waals surface area contributed by atoms with Gasteiger partial charge in [0.15, 0.2) is 5.78 Å². The molecule has 0 unspecified atom stereocenters. The topological polar surface area (TPSA) is 17.1 Å². The fourth-order valence-electron chi connectivity index (χ4n) is 1.98. The third-order valence-corrected chi connectivity index (χ3v) is 2.63. The maximum Gasteiger partial charge on any atom is 0.194 e. The predicted octanol–water partition coefficient (Wildman–Crippen LogP) is 2.52. The Kier molecular flexibility index (Phi) is 2.79. The van der Waals surface area contributed by atoms with Crippen molar-refractivity contribution in [3.8, 4) is 11.1 Å². The number of ketones is 1. The van der Waals surface area contributed by atoms with Crippen molar-refractivity contribution in [1.82, 2.24) is 0 Å². The molecule has 1 radical (unpaired) electrons. The van der Waals surface area contributed by atoms with E-state index in [4.69, 9.17) is 0 Å². The molecule has 0 heterocycles. The standard InChI is InChI=1S/C13H8O.Na/c14-13-11-7-3-1-5-9(11)10-6-2-4-8-12(10)13;/h1-8H;. The first-order chi connectivity index (χ1) is 6.88. The zero-order chi connectivity index (χ0) is 9.54. The van der Waals surface area contributed by atoms with Gasteiger partial charge in [-0.3, -0.25) is 4.79 Å². The molecule has 1 aliphatic carbocycles. The maximum absolute atomic E-state index is 11.9. The van der Waals surface area contributed by atoms with Crippen LogP contribution in [0.25, 0.3) is 11.1 Å². The molecule has 1 aliphatic rings. The number of hydrogen-bond donors (Lipinski definition) is 0. The van der Waals surface area contributed by atoms with Crippen LogP contribution >= 0.6 is 0 Å². The van der Waals surface area contributed by atoms with Crippen LogP contribution in [0.2, 0.25) is 0 Å². The largest absolute Gasteiger partial charge is 0.289 e. The minimum absolute atomic E-state index is 0. The van der Waals surface area contributed by atoms with Crippen molar-refractivity contribution in [3.63, 3.8) is 0 Å². The maximum atomic E-state index is 11.9. The molecule has 0 aromatic heterocycles. The van der Waals surface area contributed by atoms with Gasteiger partial charge in [-0.1, -0.05) is 48.5 Å². The number of carbonyl (C=O) groups excluding carboxylic acids is 1. The van der Waals surface area contributed by atoms with Crippen LogP contribution in [-0.4, -0.2) is 35.3 Å². The normalized spacial score (nSPS) is 11.6. The van der Waals surface area contributed by atoms with Crippen molar-refractivity contribution >= 4 is 35.3 Å². The van der Waals surface area contributed by atoms with Crippen LogP contribution in [0.5, 0.6) is 0 Å². The first kappa shape index (κ1) is 10.6. The van der Waals surface area contributed by atoms with Crippen molar-refractivity contribution in [3.05, 3.63) is 59.7 Å². The Morgan fingerprint density at radius 3 is 1.33 bits per heavy atom. The molecule has 0 saturated carbocycles. The Morgan fingerprint density at radius 2 is 0.933 bits per heavy atom. The van der Waals surface area contributed by atoms with Crippen molar-refractivity contribution in [2.75, 3.05) is 0 Å². The molecule has 15 heavy (non-hydrogen) atoms. The average Bonchev–Trinajstić information content (AvgIpc) is 2.55. The van der Waals surface area contributed by atoms with Crippen LogP contribution in [0.4, 0.5) is 0 Å². The summed E-state index contributed by atoms with van der Waals surface area (Å²) < 4.78 is 0. The molecule has 3 rings (SSSR count). The third kappa shape index (κ3) is 1.48. The number of benzene rings is 2. The number of hydrogen-bond acceptors (Lipinski definition) is 1. The van der Waals surface area contributed by atoms with Gasteiger partial charge >= 0.3 is 0 Å². The second kappa shape index (κ2) is 3.93. The van der Waals surface area contributed by atoms with E-state index < -0.39 is 0 Å². The van der Waals surface area contributed by atoms with Gasteiger partial charge in [0.05, 0.1) is 0 Å². The number of carbonyl (C=O) groups is 1. The van der Waals surface area contributed by atoms with Gasteiger partial charge in [0, 0.05) is 40.7 Å². The van der Waals surface area contributed by atoms with Crippen LogP contribution in [0.1, 0.15) is 15.9 Å². The van der Waals surface area contributed by atoms with Crippen LogP contribution in [0.3, 0.4) is 0 Å². The summed E-state index contributed by atoms with van der Waals surface area (Å²) >= 11 is 0. The minimum atomic E-state index is 0. The molecule has 0 saturated heterocycles. The zero-order valence-electron chi connectivity index (χ0n) is 8.53. The average molecular weight is 203 g/mol.